The molecular weight excluding hydrogens is 167 g/mol. The van der Waals surface area contributed by atoms with Gasteiger partial charge in [0.1, 0.15) is 11.5 Å². The minimum absolute atomic E-state index is 0.0278. The van der Waals surface area contributed by atoms with E-state index in [1.807, 2.05) is 0 Å². The maximum atomic E-state index is 13.0. The van der Waals surface area contributed by atoms with Crippen molar-refractivity contribution >= 4 is 5.69 Å². The van der Waals surface area contributed by atoms with E-state index < -0.39 is 16.8 Å². The van der Waals surface area contributed by atoms with Crippen LogP contribution in [0.25, 0.3) is 0 Å². The first kappa shape index (κ1) is 8.90. The largest absolute Gasteiger partial charge is 0.206 e. The second-order valence-corrected chi connectivity index (χ2v) is 2.57. The molecule has 0 atom stereocenters. The number of anilines is 1. The fraction of sp³-hybridized carbons (Fsp3) is 0.250. The first-order chi connectivity index (χ1) is 5.54. The van der Waals surface area contributed by atoms with Crippen molar-refractivity contribution in [1.82, 2.24) is 0 Å². The van der Waals surface area contributed by atoms with Gasteiger partial charge in [0.15, 0.2) is 0 Å². The van der Waals surface area contributed by atoms with Gasteiger partial charge in [0.25, 0.3) is 0 Å². The van der Waals surface area contributed by atoms with Crippen LogP contribution in [-0.2, 0) is 0 Å². The monoisotopic (exact) mass is 175 g/mol. The molecule has 0 aliphatic carbocycles. The van der Waals surface area contributed by atoms with Crippen molar-refractivity contribution in [3.63, 3.8) is 0 Å². The van der Waals surface area contributed by atoms with E-state index in [-0.39, 0.29) is 5.56 Å². The van der Waals surface area contributed by atoms with E-state index in [0.717, 1.165) is 0 Å². The van der Waals surface area contributed by atoms with Crippen molar-refractivity contribution in [2.45, 2.75) is 13.8 Å². The minimum Gasteiger partial charge on any atom is -0.206 e. The maximum absolute atomic E-state index is 13.0. The second-order valence-electron chi connectivity index (χ2n) is 2.57. The zero-order chi connectivity index (χ0) is 9.30. The fourth-order valence-electron chi connectivity index (χ4n) is 0.993. The van der Waals surface area contributed by atoms with Crippen LogP contribution in [0.15, 0.2) is 12.1 Å². The Balaban J connectivity index is 3.27. The highest BCUT2D eigenvalue weighted by atomic mass is 19.4. The summed E-state index contributed by atoms with van der Waals surface area (Å²) in [4.78, 5) is 0. The summed E-state index contributed by atoms with van der Waals surface area (Å²) in [6, 6.07) is 2.51. The molecule has 0 heterocycles. The van der Waals surface area contributed by atoms with E-state index in [0.29, 0.717) is 5.56 Å². The molecule has 0 aliphatic rings. The number of halogens is 3. The van der Waals surface area contributed by atoms with E-state index >= 15 is 0 Å². The number of aryl methyl sites for hydroxylation is 1. The van der Waals surface area contributed by atoms with Gasteiger partial charge in [-0.1, -0.05) is 15.0 Å². The molecule has 0 saturated carbocycles. The van der Waals surface area contributed by atoms with Crippen molar-refractivity contribution in [3.05, 3.63) is 29.1 Å². The van der Waals surface area contributed by atoms with E-state index in [1.54, 1.807) is 0 Å². The number of nitrogens with zero attached hydrogens (tertiary/aromatic N) is 1. The average Bonchev–Trinajstić information content (AvgIpc) is 2.00. The van der Waals surface area contributed by atoms with Crippen molar-refractivity contribution in [2.75, 3.05) is 5.34 Å². The highest BCUT2D eigenvalue weighted by molar-refractivity contribution is 5.51. The first-order valence-electron chi connectivity index (χ1n) is 3.41. The smallest absolute Gasteiger partial charge is 0.131 e. The number of hydrogen-bond donors (Lipinski definition) is 0. The standard InChI is InChI=1S/C8H8F3N/c1-5-3-4-7(12(10)11)6(2)8(5)9/h3-4H,1-2H3. The predicted octanol–water partition coefficient (Wildman–Crippen LogP) is 3.02. The van der Waals surface area contributed by atoms with Crippen molar-refractivity contribution < 1.29 is 13.4 Å². The lowest BCUT2D eigenvalue weighted by Crippen LogP contribution is -2.01. The Morgan fingerprint density at radius 1 is 1.17 bits per heavy atom. The van der Waals surface area contributed by atoms with Gasteiger partial charge in [-0.05, 0) is 30.8 Å². The Hall–Kier alpha value is -1.19. The average molecular weight is 175 g/mol. The van der Waals surface area contributed by atoms with Crippen LogP contribution in [0.5, 0.6) is 0 Å². The second kappa shape index (κ2) is 3.05. The van der Waals surface area contributed by atoms with Gasteiger partial charge in [-0.3, -0.25) is 0 Å². The zero-order valence-corrected chi connectivity index (χ0v) is 6.74. The van der Waals surface area contributed by atoms with Crippen LogP contribution in [0.1, 0.15) is 11.1 Å². The fourth-order valence-corrected chi connectivity index (χ4v) is 0.993. The Morgan fingerprint density at radius 3 is 2.25 bits per heavy atom. The third kappa shape index (κ3) is 1.37. The summed E-state index contributed by atoms with van der Waals surface area (Å²) >= 11 is 0. The lowest BCUT2D eigenvalue weighted by molar-refractivity contribution is 0.234. The van der Waals surface area contributed by atoms with E-state index in [4.69, 9.17) is 0 Å². The van der Waals surface area contributed by atoms with Crippen LogP contribution in [0.2, 0.25) is 0 Å². The number of hydrogen-bond acceptors (Lipinski definition) is 1. The van der Waals surface area contributed by atoms with Gasteiger partial charge >= 0.3 is 0 Å². The highest BCUT2D eigenvalue weighted by Gasteiger charge is 2.12. The van der Waals surface area contributed by atoms with Gasteiger partial charge in [0.2, 0.25) is 0 Å². The molecule has 0 fully saturated rings. The molecule has 0 amide bonds. The molecule has 12 heavy (non-hydrogen) atoms. The summed E-state index contributed by atoms with van der Waals surface area (Å²) in [6.07, 6.45) is 0. The first-order valence-corrected chi connectivity index (χ1v) is 3.41. The minimum atomic E-state index is -1.09. The van der Waals surface area contributed by atoms with Crippen molar-refractivity contribution in [3.8, 4) is 0 Å². The normalized spacial score (nSPS) is 10.1. The quantitative estimate of drug-likeness (QED) is 0.593. The van der Waals surface area contributed by atoms with Gasteiger partial charge in [0, 0.05) is 5.56 Å². The molecule has 66 valence electrons. The molecule has 0 aliphatic heterocycles. The SMILES string of the molecule is Cc1ccc(N(F)F)c(C)c1F. The summed E-state index contributed by atoms with van der Waals surface area (Å²) < 4.78 is 37.0. The molecule has 0 N–H and O–H groups in total. The van der Waals surface area contributed by atoms with Crippen LogP contribution in [0, 0.1) is 19.7 Å². The number of benzene rings is 1. The molecule has 0 aromatic heterocycles. The molecule has 1 nitrogen and oxygen atoms in total. The van der Waals surface area contributed by atoms with E-state index in [1.165, 1.54) is 26.0 Å². The predicted molar refractivity (Wildman–Crippen MR) is 40.6 cm³/mol. The number of rotatable bonds is 1. The lowest BCUT2D eigenvalue weighted by atomic mass is 10.1. The van der Waals surface area contributed by atoms with Crippen LogP contribution in [-0.4, -0.2) is 0 Å². The molecule has 0 bridgehead atoms. The third-order valence-electron chi connectivity index (χ3n) is 1.73. The molecule has 0 radical (unpaired) electrons. The van der Waals surface area contributed by atoms with Gasteiger partial charge in [-0.15, -0.1) is 0 Å². The molecule has 1 rings (SSSR count). The van der Waals surface area contributed by atoms with Gasteiger partial charge < -0.3 is 0 Å². The molecule has 4 heteroatoms. The molecule has 1 aromatic rings. The van der Waals surface area contributed by atoms with Gasteiger partial charge in [-0.25, -0.2) is 4.39 Å². The van der Waals surface area contributed by atoms with Gasteiger partial charge in [-0.2, -0.15) is 0 Å². The summed E-state index contributed by atoms with van der Waals surface area (Å²) in [6.45, 7) is 2.86. The topological polar surface area (TPSA) is 3.24 Å². The Morgan fingerprint density at radius 2 is 1.75 bits per heavy atom. The van der Waals surface area contributed by atoms with E-state index in [9.17, 15) is 13.4 Å². The van der Waals surface area contributed by atoms with Crippen LogP contribution in [0.4, 0.5) is 19.0 Å². The maximum Gasteiger partial charge on any atom is 0.131 e. The van der Waals surface area contributed by atoms with E-state index in [2.05, 4.69) is 0 Å². The summed E-state index contributed by atoms with van der Waals surface area (Å²) in [5, 5.41) is -1.09. The van der Waals surface area contributed by atoms with Crippen LogP contribution >= 0.6 is 0 Å². The zero-order valence-electron chi connectivity index (χ0n) is 6.74. The summed E-state index contributed by atoms with van der Waals surface area (Å²) in [5.41, 5.74) is -0.0452. The Labute approximate surface area is 68.3 Å². The summed E-state index contributed by atoms with van der Waals surface area (Å²) in [5.74, 6) is -0.576. The Kier molecular flexibility index (Phi) is 2.26. The molecule has 0 saturated heterocycles. The molecule has 1 aromatic carbocycles. The lowest BCUT2D eigenvalue weighted by Gasteiger charge is -2.07. The summed E-state index contributed by atoms with van der Waals surface area (Å²) in [7, 11) is 0. The van der Waals surface area contributed by atoms with Gasteiger partial charge in [0.05, 0.1) is 0 Å². The molecule has 0 spiro atoms. The molecular formula is C8H8F3N. The van der Waals surface area contributed by atoms with Crippen LogP contribution in [0.3, 0.4) is 0 Å². The Bertz CT molecular complexity index is 297. The molecule has 0 unspecified atom stereocenters. The highest BCUT2D eigenvalue weighted by Crippen LogP contribution is 2.24. The van der Waals surface area contributed by atoms with Crippen molar-refractivity contribution in [1.29, 1.82) is 0 Å². The van der Waals surface area contributed by atoms with Crippen LogP contribution < -0.4 is 5.34 Å². The third-order valence-corrected chi connectivity index (χ3v) is 1.73. The van der Waals surface area contributed by atoms with Crippen molar-refractivity contribution in [2.24, 2.45) is 0 Å².